The van der Waals surface area contributed by atoms with Gasteiger partial charge in [0.25, 0.3) is 0 Å². The van der Waals surface area contributed by atoms with E-state index in [-0.39, 0.29) is 6.04 Å². The highest BCUT2D eigenvalue weighted by atomic mass is 16.5. The van der Waals surface area contributed by atoms with Crippen LogP contribution in [-0.4, -0.2) is 22.0 Å². The van der Waals surface area contributed by atoms with Crippen molar-refractivity contribution < 1.29 is 9.84 Å². The molecule has 1 heterocycles. The molecule has 1 aromatic carbocycles. The van der Waals surface area contributed by atoms with Gasteiger partial charge in [-0.2, -0.15) is 5.10 Å². The molecule has 0 aliphatic rings. The molecule has 1 atom stereocenters. The van der Waals surface area contributed by atoms with Crippen LogP contribution in [0.5, 0.6) is 5.75 Å². The summed E-state index contributed by atoms with van der Waals surface area (Å²) < 4.78 is 7.16. The Labute approximate surface area is 126 Å². The van der Waals surface area contributed by atoms with Crippen molar-refractivity contribution in [2.45, 2.75) is 45.8 Å². The minimum absolute atomic E-state index is 0.192. The van der Waals surface area contributed by atoms with Gasteiger partial charge in [-0.3, -0.25) is 4.68 Å². The highest BCUT2D eigenvalue weighted by Gasteiger charge is 2.21. The van der Waals surface area contributed by atoms with Crippen LogP contribution in [-0.2, 0) is 6.42 Å². The normalized spacial score (nSPS) is 12.7. The Morgan fingerprint density at radius 1 is 1.29 bits per heavy atom. The third-order valence-electron chi connectivity index (χ3n) is 3.77. The molecule has 1 N–H and O–H groups in total. The Morgan fingerprint density at radius 2 is 2.00 bits per heavy atom. The molecule has 4 heteroatoms. The van der Waals surface area contributed by atoms with Crippen LogP contribution in [0, 0.1) is 6.92 Å². The van der Waals surface area contributed by atoms with E-state index in [4.69, 9.17) is 4.74 Å². The first-order valence-electron chi connectivity index (χ1n) is 7.38. The minimum atomic E-state index is -0.579. The highest BCUT2D eigenvalue weighted by molar-refractivity contribution is 5.29. The summed E-state index contributed by atoms with van der Waals surface area (Å²) in [6.45, 7) is 6.19. The number of aliphatic hydroxyl groups excluding tert-OH is 1. The number of aliphatic hydroxyl groups is 1. The monoisotopic (exact) mass is 288 g/mol. The number of nitrogens with zero attached hydrogens (tertiary/aromatic N) is 2. The fourth-order valence-corrected chi connectivity index (χ4v) is 2.56. The molecule has 21 heavy (non-hydrogen) atoms. The number of aromatic nitrogens is 2. The van der Waals surface area contributed by atoms with E-state index >= 15 is 0 Å². The third kappa shape index (κ3) is 3.45. The number of hydrogen-bond acceptors (Lipinski definition) is 3. The average Bonchev–Trinajstić information content (AvgIpc) is 2.90. The Bertz CT molecular complexity index is 590. The molecule has 2 rings (SSSR count). The Hall–Kier alpha value is -1.81. The van der Waals surface area contributed by atoms with Crippen molar-refractivity contribution in [1.82, 2.24) is 9.78 Å². The fourth-order valence-electron chi connectivity index (χ4n) is 2.56. The summed E-state index contributed by atoms with van der Waals surface area (Å²) >= 11 is 0. The molecular formula is C17H24N2O2. The van der Waals surface area contributed by atoms with Gasteiger partial charge in [0.1, 0.15) is 5.69 Å². The lowest BCUT2D eigenvalue weighted by atomic mass is 10.0. The van der Waals surface area contributed by atoms with Gasteiger partial charge in [-0.15, -0.1) is 0 Å². The predicted molar refractivity (Wildman–Crippen MR) is 83.6 cm³/mol. The number of hydrogen-bond donors (Lipinski definition) is 1. The quantitative estimate of drug-likeness (QED) is 0.885. The van der Waals surface area contributed by atoms with E-state index in [2.05, 4.69) is 24.2 Å². The molecule has 0 saturated heterocycles. The second-order valence-corrected chi connectivity index (χ2v) is 5.62. The summed E-state index contributed by atoms with van der Waals surface area (Å²) in [5, 5.41) is 14.9. The lowest BCUT2D eigenvalue weighted by Crippen LogP contribution is -2.13. The molecule has 0 aliphatic heterocycles. The van der Waals surface area contributed by atoms with Crippen molar-refractivity contribution in [2.75, 3.05) is 7.11 Å². The molecule has 114 valence electrons. The summed E-state index contributed by atoms with van der Waals surface area (Å²) in [4.78, 5) is 0. The first-order chi connectivity index (χ1) is 10.0. The van der Waals surface area contributed by atoms with Crippen LogP contribution in [0.25, 0.3) is 0 Å². The van der Waals surface area contributed by atoms with Crippen LogP contribution in [0.15, 0.2) is 30.5 Å². The van der Waals surface area contributed by atoms with Gasteiger partial charge in [0.2, 0.25) is 0 Å². The second kappa shape index (κ2) is 6.76. The number of aryl methyl sites for hydroxylation is 2. The number of rotatable bonds is 6. The predicted octanol–water partition coefficient (Wildman–Crippen LogP) is 3.45. The fraction of sp³-hybridized carbons (Fsp3) is 0.471. The maximum atomic E-state index is 10.6. The lowest BCUT2D eigenvalue weighted by molar-refractivity contribution is 0.150. The van der Waals surface area contributed by atoms with Crippen molar-refractivity contribution in [1.29, 1.82) is 0 Å². The lowest BCUT2D eigenvalue weighted by Gasteiger charge is -2.17. The van der Waals surface area contributed by atoms with Crippen LogP contribution < -0.4 is 4.74 Å². The van der Waals surface area contributed by atoms with Crippen LogP contribution in [0.4, 0.5) is 0 Å². The molecule has 0 aliphatic carbocycles. The van der Waals surface area contributed by atoms with E-state index in [0.717, 1.165) is 12.1 Å². The zero-order valence-electron chi connectivity index (χ0n) is 13.2. The molecule has 0 spiro atoms. The van der Waals surface area contributed by atoms with Crippen LogP contribution in [0.2, 0.25) is 0 Å². The number of methoxy groups -OCH3 is 1. The molecule has 0 saturated carbocycles. The molecule has 0 radical (unpaired) electrons. The van der Waals surface area contributed by atoms with Gasteiger partial charge in [-0.1, -0.05) is 24.3 Å². The van der Waals surface area contributed by atoms with Gasteiger partial charge in [0.05, 0.1) is 19.4 Å². The molecule has 2 aromatic rings. The van der Waals surface area contributed by atoms with Crippen molar-refractivity contribution in [2.24, 2.45) is 0 Å². The van der Waals surface area contributed by atoms with Gasteiger partial charge >= 0.3 is 0 Å². The standard InChI is InChI=1S/C17H24N2O2/c1-12(2)19-17(16(21-4)11-18-19)15(20)10-9-14-8-6-5-7-13(14)3/h5-8,11-12,15,20H,9-10H2,1-4H3. The number of benzene rings is 1. The molecule has 1 aromatic heterocycles. The van der Waals surface area contributed by atoms with E-state index in [1.165, 1.54) is 11.1 Å². The molecule has 4 nitrogen and oxygen atoms in total. The maximum Gasteiger partial charge on any atom is 0.162 e. The average molecular weight is 288 g/mol. The van der Waals surface area contributed by atoms with Gasteiger partial charge in [0, 0.05) is 6.04 Å². The van der Waals surface area contributed by atoms with Crippen molar-refractivity contribution in [3.8, 4) is 5.75 Å². The summed E-state index contributed by atoms with van der Waals surface area (Å²) in [7, 11) is 1.61. The summed E-state index contributed by atoms with van der Waals surface area (Å²) in [6, 6.07) is 8.47. The summed E-state index contributed by atoms with van der Waals surface area (Å²) in [5.74, 6) is 0.654. The van der Waals surface area contributed by atoms with Crippen molar-refractivity contribution >= 4 is 0 Å². The topological polar surface area (TPSA) is 47.3 Å². The van der Waals surface area contributed by atoms with Crippen LogP contribution in [0.3, 0.4) is 0 Å². The van der Waals surface area contributed by atoms with Gasteiger partial charge in [-0.05, 0) is 44.7 Å². The first kappa shape index (κ1) is 15.6. The van der Waals surface area contributed by atoms with E-state index in [9.17, 15) is 5.11 Å². The zero-order valence-corrected chi connectivity index (χ0v) is 13.2. The number of ether oxygens (including phenoxy) is 1. The van der Waals surface area contributed by atoms with E-state index < -0.39 is 6.10 Å². The van der Waals surface area contributed by atoms with Crippen LogP contribution >= 0.6 is 0 Å². The summed E-state index contributed by atoms with van der Waals surface area (Å²) in [5.41, 5.74) is 3.29. The van der Waals surface area contributed by atoms with Gasteiger partial charge in [0.15, 0.2) is 5.75 Å². The second-order valence-electron chi connectivity index (χ2n) is 5.62. The van der Waals surface area contributed by atoms with Gasteiger partial charge in [-0.25, -0.2) is 0 Å². The van der Waals surface area contributed by atoms with Crippen molar-refractivity contribution in [3.63, 3.8) is 0 Å². The SMILES string of the molecule is COc1cnn(C(C)C)c1C(O)CCc1ccccc1C. The summed E-state index contributed by atoms with van der Waals surface area (Å²) in [6.07, 6.45) is 2.58. The van der Waals surface area contributed by atoms with Crippen molar-refractivity contribution in [3.05, 3.63) is 47.3 Å². The van der Waals surface area contributed by atoms with E-state index in [1.807, 2.05) is 30.7 Å². The van der Waals surface area contributed by atoms with E-state index in [0.29, 0.717) is 12.2 Å². The largest absolute Gasteiger partial charge is 0.493 e. The molecule has 0 bridgehead atoms. The first-order valence-corrected chi connectivity index (χ1v) is 7.38. The Balaban J connectivity index is 2.15. The Morgan fingerprint density at radius 3 is 2.62 bits per heavy atom. The zero-order chi connectivity index (χ0) is 15.4. The minimum Gasteiger partial charge on any atom is -0.493 e. The maximum absolute atomic E-state index is 10.6. The molecule has 0 fully saturated rings. The van der Waals surface area contributed by atoms with E-state index in [1.54, 1.807) is 13.3 Å². The van der Waals surface area contributed by atoms with Crippen LogP contribution in [0.1, 0.15) is 49.2 Å². The highest BCUT2D eigenvalue weighted by Crippen LogP contribution is 2.30. The Kier molecular flexibility index (Phi) is 5.02. The molecule has 0 amide bonds. The third-order valence-corrected chi connectivity index (χ3v) is 3.77. The van der Waals surface area contributed by atoms with Gasteiger partial charge < -0.3 is 9.84 Å². The molecule has 1 unspecified atom stereocenters. The smallest absolute Gasteiger partial charge is 0.162 e. The molecular weight excluding hydrogens is 264 g/mol.